The molecule has 22 heavy (non-hydrogen) atoms. The van der Waals surface area contributed by atoms with Gasteiger partial charge in [0.25, 0.3) is 0 Å². The molecular weight excluding hydrogens is 388 g/mol. The molecule has 112 valence electrons. The van der Waals surface area contributed by atoms with Gasteiger partial charge in [-0.2, -0.15) is 5.26 Å². The molecule has 0 aliphatic rings. The normalized spacial score (nSPS) is 11.8. The van der Waals surface area contributed by atoms with Crippen LogP contribution >= 0.6 is 27.5 Å². The molecule has 0 bridgehead atoms. The molecule has 0 heterocycles. The fourth-order valence-corrected chi connectivity index (χ4v) is 3.24. The molecule has 2 aromatic rings. The quantitative estimate of drug-likeness (QED) is 0.779. The summed E-state index contributed by atoms with van der Waals surface area (Å²) in [5.41, 5.74) is 0.654. The highest BCUT2D eigenvalue weighted by atomic mass is 79.9. The summed E-state index contributed by atoms with van der Waals surface area (Å²) in [7, 11) is -3.89. The van der Waals surface area contributed by atoms with Crippen molar-refractivity contribution in [3.63, 3.8) is 0 Å². The molecule has 0 amide bonds. The fraction of sp³-hybridized carbons (Fsp3) is 0. The van der Waals surface area contributed by atoms with Gasteiger partial charge in [-0.25, -0.2) is 8.42 Å². The van der Waals surface area contributed by atoms with Gasteiger partial charge in [0, 0.05) is 15.7 Å². The summed E-state index contributed by atoms with van der Waals surface area (Å²) >= 11 is 9.07. The van der Waals surface area contributed by atoms with Gasteiger partial charge in [-0.3, -0.25) is 0 Å². The lowest BCUT2D eigenvalue weighted by atomic mass is 10.3. The van der Waals surface area contributed by atoms with E-state index >= 15 is 0 Å². The van der Waals surface area contributed by atoms with Gasteiger partial charge in [0.2, 0.25) is 9.84 Å². The molecular formula is C15H10BrClN2O2S. The summed E-state index contributed by atoms with van der Waals surface area (Å²) in [5, 5.41) is 12.4. The number of sulfone groups is 1. The van der Waals surface area contributed by atoms with E-state index in [4.69, 9.17) is 16.9 Å². The number of anilines is 1. The molecule has 0 atom stereocenters. The minimum atomic E-state index is -3.89. The minimum Gasteiger partial charge on any atom is -0.359 e. The molecule has 4 nitrogen and oxygen atoms in total. The van der Waals surface area contributed by atoms with Crippen LogP contribution in [0.25, 0.3) is 0 Å². The molecule has 0 aliphatic heterocycles. The average molecular weight is 398 g/mol. The Labute approximate surface area is 142 Å². The third-order valence-corrected chi connectivity index (χ3v) is 5.38. The van der Waals surface area contributed by atoms with Gasteiger partial charge in [-0.15, -0.1) is 0 Å². The lowest BCUT2D eigenvalue weighted by Crippen LogP contribution is -2.05. The number of hydrogen-bond donors (Lipinski definition) is 1. The molecule has 0 spiro atoms. The summed E-state index contributed by atoms with van der Waals surface area (Å²) in [5.74, 6) is 0. The smallest absolute Gasteiger partial charge is 0.218 e. The Bertz CT molecular complexity index is 856. The second-order valence-corrected chi connectivity index (χ2v) is 7.41. The third kappa shape index (κ3) is 3.69. The maximum atomic E-state index is 12.4. The summed E-state index contributed by atoms with van der Waals surface area (Å²) in [4.78, 5) is -0.371. The number of nitrogens with one attached hydrogen (secondary N) is 1. The second-order valence-electron chi connectivity index (χ2n) is 4.20. The molecule has 0 aliphatic carbocycles. The van der Waals surface area contributed by atoms with Gasteiger partial charge in [0.1, 0.15) is 6.07 Å². The van der Waals surface area contributed by atoms with Crippen LogP contribution in [0.1, 0.15) is 0 Å². The van der Waals surface area contributed by atoms with Crippen LogP contribution in [0.3, 0.4) is 0 Å². The lowest BCUT2D eigenvalue weighted by Gasteiger charge is -2.06. The number of nitriles is 1. The van der Waals surface area contributed by atoms with Crippen molar-refractivity contribution in [3.05, 3.63) is 69.1 Å². The van der Waals surface area contributed by atoms with Crippen LogP contribution in [0.5, 0.6) is 0 Å². The highest BCUT2D eigenvalue weighted by Crippen LogP contribution is 2.24. The monoisotopic (exact) mass is 396 g/mol. The second kappa shape index (κ2) is 6.97. The van der Waals surface area contributed by atoms with Gasteiger partial charge < -0.3 is 5.32 Å². The number of nitrogens with zero attached hydrogens (tertiary/aromatic N) is 1. The number of benzene rings is 2. The van der Waals surface area contributed by atoms with E-state index in [0.717, 1.165) is 4.47 Å². The molecule has 0 saturated carbocycles. The van der Waals surface area contributed by atoms with Crippen LogP contribution in [0, 0.1) is 11.3 Å². The van der Waals surface area contributed by atoms with Crippen molar-refractivity contribution in [2.75, 3.05) is 5.32 Å². The summed E-state index contributed by atoms with van der Waals surface area (Å²) < 4.78 is 25.5. The molecule has 2 aromatic carbocycles. The Morgan fingerprint density at radius 2 is 1.82 bits per heavy atom. The van der Waals surface area contributed by atoms with Crippen molar-refractivity contribution in [2.45, 2.75) is 4.90 Å². The van der Waals surface area contributed by atoms with Crippen LogP contribution < -0.4 is 5.32 Å². The topological polar surface area (TPSA) is 70.0 Å². The number of halogens is 2. The van der Waals surface area contributed by atoms with Crippen LogP contribution in [0.4, 0.5) is 5.69 Å². The Balaban J connectivity index is 2.35. The zero-order chi connectivity index (χ0) is 16.2. The number of para-hydroxylation sites is 1. The first-order valence-corrected chi connectivity index (χ1v) is 8.72. The standard InChI is InChI=1S/C15H10BrClN2O2S/c16-14-3-1-2-4-15(14)19-10-13(9-18)22(20,21)12-7-5-11(17)6-8-12/h1-8,10,19H/b13-10+. The van der Waals surface area contributed by atoms with E-state index < -0.39 is 9.84 Å². The number of hydrogen-bond acceptors (Lipinski definition) is 4. The third-order valence-electron chi connectivity index (χ3n) is 2.76. The zero-order valence-electron chi connectivity index (χ0n) is 11.1. The zero-order valence-corrected chi connectivity index (χ0v) is 14.3. The predicted molar refractivity (Wildman–Crippen MR) is 90.1 cm³/mol. The van der Waals surface area contributed by atoms with Crippen LogP contribution in [-0.2, 0) is 9.84 Å². The first-order chi connectivity index (χ1) is 10.4. The SMILES string of the molecule is N#C/C(=C\Nc1ccccc1Br)S(=O)(=O)c1ccc(Cl)cc1. The van der Waals surface area contributed by atoms with Gasteiger partial charge >= 0.3 is 0 Å². The summed E-state index contributed by atoms with van der Waals surface area (Å²) in [6, 6.07) is 14.5. The summed E-state index contributed by atoms with van der Waals surface area (Å²) in [6.07, 6.45) is 1.17. The largest absolute Gasteiger partial charge is 0.359 e. The molecule has 2 rings (SSSR count). The van der Waals surface area contributed by atoms with Crippen LogP contribution in [0.15, 0.2) is 69.0 Å². The Hall–Kier alpha value is -1.81. The molecule has 0 radical (unpaired) electrons. The lowest BCUT2D eigenvalue weighted by molar-refractivity contribution is 0.603. The van der Waals surface area contributed by atoms with E-state index in [1.54, 1.807) is 24.3 Å². The molecule has 1 N–H and O–H groups in total. The Morgan fingerprint density at radius 3 is 2.41 bits per heavy atom. The Morgan fingerprint density at radius 1 is 1.18 bits per heavy atom. The van der Waals surface area contributed by atoms with Gasteiger partial charge in [0.15, 0.2) is 4.91 Å². The maximum absolute atomic E-state index is 12.4. The average Bonchev–Trinajstić information content (AvgIpc) is 2.50. The molecule has 7 heteroatoms. The fourth-order valence-electron chi connectivity index (χ4n) is 1.63. The van der Waals surface area contributed by atoms with Gasteiger partial charge in [-0.1, -0.05) is 23.7 Å². The van der Waals surface area contributed by atoms with Crippen LogP contribution in [-0.4, -0.2) is 8.42 Å². The van der Waals surface area contributed by atoms with Crippen molar-refractivity contribution < 1.29 is 8.42 Å². The number of rotatable bonds is 4. The predicted octanol–water partition coefficient (Wildman–Crippen LogP) is 4.35. The maximum Gasteiger partial charge on any atom is 0.218 e. The molecule has 0 aromatic heterocycles. The highest BCUT2D eigenvalue weighted by molar-refractivity contribution is 9.10. The number of allylic oxidation sites excluding steroid dienone is 1. The van der Waals surface area contributed by atoms with Crippen molar-refractivity contribution in [3.8, 4) is 6.07 Å². The van der Waals surface area contributed by atoms with Crippen molar-refractivity contribution in [1.29, 1.82) is 5.26 Å². The van der Waals surface area contributed by atoms with E-state index in [2.05, 4.69) is 21.2 Å². The van der Waals surface area contributed by atoms with E-state index in [-0.39, 0.29) is 9.80 Å². The van der Waals surface area contributed by atoms with Crippen molar-refractivity contribution in [1.82, 2.24) is 0 Å². The van der Waals surface area contributed by atoms with E-state index in [1.807, 2.05) is 6.07 Å². The first kappa shape index (κ1) is 16.6. The highest BCUT2D eigenvalue weighted by Gasteiger charge is 2.20. The first-order valence-electron chi connectivity index (χ1n) is 6.07. The van der Waals surface area contributed by atoms with Gasteiger partial charge in [-0.05, 0) is 52.3 Å². The van der Waals surface area contributed by atoms with Crippen molar-refractivity contribution in [2.24, 2.45) is 0 Å². The minimum absolute atomic E-state index is 0.0126. The van der Waals surface area contributed by atoms with Crippen LogP contribution in [0.2, 0.25) is 5.02 Å². The van der Waals surface area contributed by atoms with E-state index in [1.165, 1.54) is 30.5 Å². The van der Waals surface area contributed by atoms with Gasteiger partial charge in [0.05, 0.1) is 10.6 Å². The molecule has 0 saturated heterocycles. The molecule has 0 unspecified atom stereocenters. The Kier molecular flexibility index (Phi) is 5.24. The van der Waals surface area contributed by atoms with E-state index in [0.29, 0.717) is 10.7 Å². The van der Waals surface area contributed by atoms with E-state index in [9.17, 15) is 8.42 Å². The summed E-state index contributed by atoms with van der Waals surface area (Å²) in [6.45, 7) is 0. The molecule has 0 fully saturated rings. The van der Waals surface area contributed by atoms with Crippen molar-refractivity contribution >= 4 is 43.1 Å².